The molecule has 1 atom stereocenters. The normalized spacial score (nSPS) is 16.8. The van der Waals surface area contributed by atoms with E-state index in [1.165, 1.54) is 19.4 Å². The molecule has 6 nitrogen and oxygen atoms in total. The van der Waals surface area contributed by atoms with E-state index >= 15 is 0 Å². The van der Waals surface area contributed by atoms with E-state index in [4.69, 9.17) is 9.47 Å². The van der Waals surface area contributed by atoms with Crippen molar-refractivity contribution < 1.29 is 9.47 Å². The van der Waals surface area contributed by atoms with Crippen LogP contribution in [0.2, 0.25) is 0 Å². The first-order valence-corrected chi connectivity index (χ1v) is 10.6. The zero-order chi connectivity index (χ0) is 21.1. The number of rotatable bonds is 7. The number of fused-ring (bicyclic) bond motifs is 1. The van der Waals surface area contributed by atoms with E-state index in [-0.39, 0.29) is 5.56 Å². The molecule has 0 amide bonds. The molecular formula is C24H29N3O3. The summed E-state index contributed by atoms with van der Waals surface area (Å²) in [5.74, 6) is 2.10. The lowest BCUT2D eigenvalue weighted by Gasteiger charge is -2.20. The average molecular weight is 408 g/mol. The van der Waals surface area contributed by atoms with Gasteiger partial charge in [-0.05, 0) is 82.1 Å². The molecule has 6 heteroatoms. The first kappa shape index (κ1) is 20.4. The van der Waals surface area contributed by atoms with Crippen molar-refractivity contribution in [2.75, 3.05) is 26.8 Å². The lowest BCUT2D eigenvalue weighted by atomic mass is 10.2. The molecule has 1 aliphatic rings. The summed E-state index contributed by atoms with van der Waals surface area (Å²) in [5, 5.41) is 0.538. The number of likely N-dealkylation sites (tertiary alicyclic amines) is 1. The summed E-state index contributed by atoms with van der Waals surface area (Å²) < 4.78 is 12.8. The van der Waals surface area contributed by atoms with E-state index in [1.54, 1.807) is 17.7 Å². The predicted octanol–water partition coefficient (Wildman–Crippen LogP) is 3.96. The summed E-state index contributed by atoms with van der Waals surface area (Å²) >= 11 is 0. The van der Waals surface area contributed by atoms with Crippen LogP contribution in [0.25, 0.3) is 16.6 Å². The Morgan fingerprint density at radius 1 is 1.13 bits per heavy atom. The SMILES string of the molecule is COc1ccc2nc(C)n(-c3ccc(OCCCN4CCC[C@H]4C)cc3)c(=O)c2c1. The van der Waals surface area contributed by atoms with Crippen LogP contribution in [-0.4, -0.2) is 47.3 Å². The minimum absolute atomic E-state index is 0.107. The van der Waals surface area contributed by atoms with Crippen LogP contribution in [0.5, 0.6) is 11.5 Å². The van der Waals surface area contributed by atoms with E-state index in [2.05, 4.69) is 16.8 Å². The van der Waals surface area contributed by atoms with Gasteiger partial charge in [0, 0.05) is 12.6 Å². The largest absolute Gasteiger partial charge is 0.497 e. The number of ether oxygens (including phenoxy) is 2. The number of aromatic nitrogens is 2. The molecule has 3 aromatic rings. The summed E-state index contributed by atoms with van der Waals surface area (Å²) in [5.41, 5.74) is 1.33. The van der Waals surface area contributed by atoms with E-state index < -0.39 is 0 Å². The minimum atomic E-state index is -0.107. The number of benzene rings is 2. The number of nitrogens with zero attached hydrogens (tertiary/aromatic N) is 3. The van der Waals surface area contributed by atoms with Gasteiger partial charge in [-0.1, -0.05) is 0 Å². The Labute approximate surface area is 177 Å². The molecule has 4 rings (SSSR count). The molecular weight excluding hydrogens is 378 g/mol. The molecule has 30 heavy (non-hydrogen) atoms. The highest BCUT2D eigenvalue weighted by Crippen LogP contribution is 2.20. The fourth-order valence-corrected chi connectivity index (χ4v) is 4.18. The summed E-state index contributed by atoms with van der Waals surface area (Å²) in [6, 6.07) is 13.7. The first-order chi connectivity index (χ1) is 14.6. The maximum atomic E-state index is 13.1. The summed E-state index contributed by atoms with van der Waals surface area (Å²) in [4.78, 5) is 20.2. The van der Waals surface area contributed by atoms with Gasteiger partial charge in [0.15, 0.2) is 0 Å². The van der Waals surface area contributed by atoms with Gasteiger partial charge in [-0.25, -0.2) is 4.98 Å². The Bertz CT molecular complexity index is 1080. The van der Waals surface area contributed by atoms with Gasteiger partial charge in [0.05, 0.1) is 30.3 Å². The average Bonchev–Trinajstić information content (AvgIpc) is 3.16. The van der Waals surface area contributed by atoms with Gasteiger partial charge >= 0.3 is 0 Å². The van der Waals surface area contributed by atoms with Crippen LogP contribution < -0.4 is 15.0 Å². The fraction of sp³-hybridized carbons (Fsp3) is 0.417. The van der Waals surface area contributed by atoms with Crippen LogP contribution in [0, 0.1) is 6.92 Å². The van der Waals surface area contributed by atoms with Crippen molar-refractivity contribution >= 4 is 10.9 Å². The molecule has 1 fully saturated rings. The van der Waals surface area contributed by atoms with Crippen LogP contribution in [0.15, 0.2) is 47.3 Å². The van der Waals surface area contributed by atoms with Gasteiger partial charge in [0.25, 0.3) is 5.56 Å². The third-order valence-corrected chi connectivity index (χ3v) is 5.89. The zero-order valence-corrected chi connectivity index (χ0v) is 17.9. The van der Waals surface area contributed by atoms with Gasteiger partial charge in [-0.3, -0.25) is 9.36 Å². The highest BCUT2D eigenvalue weighted by atomic mass is 16.5. The maximum Gasteiger partial charge on any atom is 0.266 e. The van der Waals surface area contributed by atoms with Crippen LogP contribution in [0.4, 0.5) is 0 Å². The van der Waals surface area contributed by atoms with E-state index in [1.807, 2.05) is 43.3 Å². The second-order valence-electron chi connectivity index (χ2n) is 7.91. The Morgan fingerprint density at radius 2 is 1.90 bits per heavy atom. The Balaban J connectivity index is 1.47. The molecule has 0 bridgehead atoms. The van der Waals surface area contributed by atoms with Gasteiger partial charge in [0.1, 0.15) is 17.3 Å². The third kappa shape index (κ3) is 4.19. The fourth-order valence-electron chi connectivity index (χ4n) is 4.18. The second-order valence-corrected chi connectivity index (χ2v) is 7.91. The quantitative estimate of drug-likeness (QED) is 0.555. The highest BCUT2D eigenvalue weighted by Gasteiger charge is 2.19. The van der Waals surface area contributed by atoms with Crippen molar-refractivity contribution in [2.24, 2.45) is 0 Å². The predicted molar refractivity (Wildman–Crippen MR) is 119 cm³/mol. The Morgan fingerprint density at radius 3 is 2.60 bits per heavy atom. The van der Waals surface area contributed by atoms with Crippen LogP contribution in [0.3, 0.4) is 0 Å². The molecule has 0 aliphatic carbocycles. The third-order valence-electron chi connectivity index (χ3n) is 5.89. The van der Waals surface area contributed by atoms with Crippen molar-refractivity contribution in [1.29, 1.82) is 0 Å². The summed E-state index contributed by atoms with van der Waals surface area (Å²) in [6.45, 7) is 7.12. The molecule has 1 saturated heterocycles. The molecule has 0 radical (unpaired) electrons. The molecule has 2 heterocycles. The Kier molecular flexibility index (Phi) is 6.04. The summed E-state index contributed by atoms with van der Waals surface area (Å²) in [7, 11) is 1.59. The maximum absolute atomic E-state index is 13.1. The number of methoxy groups -OCH3 is 1. The van der Waals surface area contributed by atoms with Gasteiger partial charge in [0.2, 0.25) is 0 Å². The van der Waals surface area contributed by atoms with Crippen molar-refractivity contribution in [3.63, 3.8) is 0 Å². The zero-order valence-electron chi connectivity index (χ0n) is 17.9. The molecule has 0 unspecified atom stereocenters. The van der Waals surface area contributed by atoms with Crippen molar-refractivity contribution in [1.82, 2.24) is 14.5 Å². The Hall–Kier alpha value is -2.86. The van der Waals surface area contributed by atoms with Gasteiger partial charge < -0.3 is 14.4 Å². The monoisotopic (exact) mass is 407 g/mol. The first-order valence-electron chi connectivity index (χ1n) is 10.6. The molecule has 0 N–H and O–H groups in total. The number of aryl methyl sites for hydroxylation is 1. The molecule has 2 aromatic carbocycles. The minimum Gasteiger partial charge on any atom is -0.497 e. The number of hydrogen-bond acceptors (Lipinski definition) is 5. The smallest absolute Gasteiger partial charge is 0.266 e. The molecule has 0 spiro atoms. The molecule has 1 aliphatic heterocycles. The highest BCUT2D eigenvalue weighted by molar-refractivity contribution is 5.79. The van der Waals surface area contributed by atoms with E-state index in [0.717, 1.165) is 24.4 Å². The van der Waals surface area contributed by atoms with E-state index in [0.29, 0.717) is 35.1 Å². The van der Waals surface area contributed by atoms with Crippen LogP contribution >= 0.6 is 0 Å². The summed E-state index contributed by atoms with van der Waals surface area (Å²) in [6.07, 6.45) is 3.62. The molecule has 158 valence electrons. The topological polar surface area (TPSA) is 56.6 Å². The van der Waals surface area contributed by atoms with Gasteiger partial charge in [-0.2, -0.15) is 0 Å². The lowest BCUT2D eigenvalue weighted by molar-refractivity contribution is 0.230. The number of hydrogen-bond donors (Lipinski definition) is 0. The van der Waals surface area contributed by atoms with Crippen molar-refractivity contribution in [3.05, 3.63) is 58.6 Å². The van der Waals surface area contributed by atoms with Crippen molar-refractivity contribution in [2.45, 2.75) is 39.2 Å². The van der Waals surface area contributed by atoms with Crippen LogP contribution in [-0.2, 0) is 0 Å². The molecule has 1 aromatic heterocycles. The van der Waals surface area contributed by atoms with E-state index in [9.17, 15) is 4.79 Å². The molecule has 0 saturated carbocycles. The van der Waals surface area contributed by atoms with Crippen LogP contribution in [0.1, 0.15) is 32.0 Å². The van der Waals surface area contributed by atoms with Gasteiger partial charge in [-0.15, -0.1) is 0 Å². The lowest BCUT2D eigenvalue weighted by Crippen LogP contribution is -2.28. The second kappa shape index (κ2) is 8.88. The standard InChI is InChI=1S/C24H29N3O3/c1-17-6-4-13-26(17)14-5-15-30-20-9-7-19(8-10-20)27-18(2)25-23-12-11-21(29-3)16-22(23)24(27)28/h7-12,16-17H,4-6,13-15H2,1-3H3/t17-/m1/s1. The van der Waals surface area contributed by atoms with Crippen molar-refractivity contribution in [3.8, 4) is 17.2 Å².